The number of aromatic nitrogens is 2. The second-order valence-electron chi connectivity index (χ2n) is 6.04. The second kappa shape index (κ2) is 7.90. The van der Waals surface area contributed by atoms with E-state index in [0.29, 0.717) is 25.3 Å². The Kier molecular flexibility index (Phi) is 5.60. The molecule has 1 atom stereocenters. The van der Waals surface area contributed by atoms with Crippen LogP contribution >= 0.6 is 0 Å². The molecule has 1 fully saturated rings. The maximum absolute atomic E-state index is 12.5. The van der Waals surface area contributed by atoms with Gasteiger partial charge >= 0.3 is 0 Å². The number of hydrogen-bond acceptors (Lipinski definition) is 6. The number of nitrogens with zero attached hydrogens (tertiary/aromatic N) is 2. The molecule has 1 unspecified atom stereocenters. The Morgan fingerprint density at radius 2 is 2.15 bits per heavy atom. The van der Waals surface area contributed by atoms with Gasteiger partial charge in [0.15, 0.2) is 0 Å². The van der Waals surface area contributed by atoms with E-state index in [1.165, 1.54) is 12.1 Å². The van der Waals surface area contributed by atoms with Crippen molar-refractivity contribution in [3.05, 3.63) is 53.6 Å². The fourth-order valence-electron chi connectivity index (χ4n) is 2.50. The SMILES string of the molecule is Cc1cnc(CNC(=O)c2cccc(S(=O)(=O)NC3CCOC3)c2)cn1. The lowest BCUT2D eigenvalue weighted by Gasteiger charge is -2.12. The van der Waals surface area contributed by atoms with Crippen molar-refractivity contribution in [3.8, 4) is 0 Å². The highest BCUT2D eigenvalue weighted by Gasteiger charge is 2.24. The largest absolute Gasteiger partial charge is 0.380 e. The molecule has 1 aromatic heterocycles. The Morgan fingerprint density at radius 1 is 1.31 bits per heavy atom. The van der Waals surface area contributed by atoms with Crippen molar-refractivity contribution in [1.82, 2.24) is 20.0 Å². The van der Waals surface area contributed by atoms with Gasteiger partial charge in [-0.05, 0) is 31.5 Å². The molecular weight excluding hydrogens is 356 g/mol. The van der Waals surface area contributed by atoms with Crippen molar-refractivity contribution in [1.29, 1.82) is 0 Å². The van der Waals surface area contributed by atoms with E-state index in [2.05, 4.69) is 20.0 Å². The van der Waals surface area contributed by atoms with Crippen LogP contribution < -0.4 is 10.0 Å². The van der Waals surface area contributed by atoms with Crippen LogP contribution in [0.4, 0.5) is 0 Å². The number of nitrogens with one attached hydrogen (secondary N) is 2. The van der Waals surface area contributed by atoms with E-state index in [4.69, 9.17) is 4.74 Å². The molecule has 0 radical (unpaired) electrons. The number of ether oxygens (including phenoxy) is 1. The van der Waals surface area contributed by atoms with Crippen LogP contribution in [0.3, 0.4) is 0 Å². The van der Waals surface area contributed by atoms with E-state index in [1.807, 2.05) is 6.92 Å². The number of benzene rings is 1. The van der Waals surface area contributed by atoms with Crippen molar-refractivity contribution in [3.63, 3.8) is 0 Å². The number of rotatable bonds is 6. The van der Waals surface area contributed by atoms with Gasteiger partial charge in [-0.2, -0.15) is 0 Å². The van der Waals surface area contributed by atoms with Gasteiger partial charge in [-0.1, -0.05) is 6.07 Å². The zero-order chi connectivity index (χ0) is 18.6. The van der Waals surface area contributed by atoms with Crippen LogP contribution in [0.25, 0.3) is 0 Å². The molecule has 2 heterocycles. The zero-order valence-corrected chi connectivity index (χ0v) is 15.1. The highest BCUT2D eigenvalue weighted by Crippen LogP contribution is 2.14. The van der Waals surface area contributed by atoms with Crippen molar-refractivity contribution in [2.24, 2.45) is 0 Å². The normalized spacial score (nSPS) is 17.2. The molecule has 1 aliphatic rings. The summed E-state index contributed by atoms with van der Waals surface area (Å²) >= 11 is 0. The Labute approximate surface area is 152 Å². The Bertz CT molecular complexity index is 878. The van der Waals surface area contributed by atoms with Crippen molar-refractivity contribution < 1.29 is 17.9 Å². The molecule has 2 aromatic rings. The predicted molar refractivity (Wildman–Crippen MR) is 93.9 cm³/mol. The number of carbonyl (C=O) groups excluding carboxylic acids is 1. The zero-order valence-electron chi connectivity index (χ0n) is 14.3. The monoisotopic (exact) mass is 376 g/mol. The molecule has 3 rings (SSSR count). The molecule has 1 amide bonds. The molecular formula is C17H20N4O4S. The highest BCUT2D eigenvalue weighted by atomic mass is 32.2. The Morgan fingerprint density at radius 3 is 2.85 bits per heavy atom. The molecule has 0 saturated carbocycles. The van der Waals surface area contributed by atoms with E-state index >= 15 is 0 Å². The molecule has 0 aliphatic carbocycles. The van der Waals surface area contributed by atoms with Crippen molar-refractivity contribution in [2.45, 2.75) is 30.8 Å². The summed E-state index contributed by atoms with van der Waals surface area (Å²) in [5.74, 6) is -0.381. The molecule has 138 valence electrons. The van der Waals surface area contributed by atoms with Gasteiger partial charge in [0.2, 0.25) is 10.0 Å². The summed E-state index contributed by atoms with van der Waals surface area (Å²) in [6.07, 6.45) is 3.84. The number of amides is 1. The van der Waals surface area contributed by atoms with Gasteiger partial charge in [-0.25, -0.2) is 13.1 Å². The molecule has 26 heavy (non-hydrogen) atoms. The fourth-order valence-corrected chi connectivity index (χ4v) is 3.80. The van der Waals surface area contributed by atoms with E-state index in [9.17, 15) is 13.2 Å². The maximum atomic E-state index is 12.5. The third-order valence-corrected chi connectivity index (χ3v) is 5.44. The minimum atomic E-state index is -3.70. The molecule has 0 spiro atoms. The van der Waals surface area contributed by atoms with Gasteiger partial charge in [0.1, 0.15) is 0 Å². The lowest BCUT2D eigenvalue weighted by Crippen LogP contribution is -2.35. The Balaban J connectivity index is 1.67. The molecule has 8 nitrogen and oxygen atoms in total. The van der Waals surface area contributed by atoms with Gasteiger partial charge in [0, 0.05) is 24.4 Å². The summed E-state index contributed by atoms with van der Waals surface area (Å²) < 4.78 is 32.7. The lowest BCUT2D eigenvalue weighted by molar-refractivity contribution is 0.0950. The van der Waals surface area contributed by atoms with E-state index in [0.717, 1.165) is 5.69 Å². The maximum Gasteiger partial charge on any atom is 0.251 e. The second-order valence-corrected chi connectivity index (χ2v) is 7.76. The summed E-state index contributed by atoms with van der Waals surface area (Å²) in [5.41, 5.74) is 1.67. The van der Waals surface area contributed by atoms with Crippen LogP contribution in [0.1, 0.15) is 28.2 Å². The standard InChI is InChI=1S/C17H20N4O4S/c1-12-8-19-15(9-18-12)10-20-17(22)13-3-2-4-16(7-13)26(23,24)21-14-5-6-25-11-14/h2-4,7-9,14,21H,5-6,10-11H2,1H3,(H,20,22). The third kappa shape index (κ3) is 4.63. The third-order valence-electron chi connectivity index (χ3n) is 3.92. The van der Waals surface area contributed by atoms with Gasteiger partial charge in [-0.15, -0.1) is 0 Å². The first kappa shape index (κ1) is 18.4. The summed E-state index contributed by atoms with van der Waals surface area (Å²) in [5, 5.41) is 2.71. The quantitative estimate of drug-likeness (QED) is 0.771. The summed E-state index contributed by atoms with van der Waals surface area (Å²) in [6.45, 7) is 2.93. The van der Waals surface area contributed by atoms with Crippen LogP contribution in [-0.2, 0) is 21.3 Å². The topological polar surface area (TPSA) is 110 Å². The van der Waals surface area contributed by atoms with Crippen LogP contribution in [0.2, 0.25) is 0 Å². The summed E-state index contributed by atoms with van der Waals surface area (Å²) in [7, 11) is -3.70. The van der Waals surface area contributed by atoms with E-state index in [-0.39, 0.29) is 29.0 Å². The van der Waals surface area contributed by atoms with Gasteiger partial charge < -0.3 is 10.1 Å². The molecule has 1 aliphatic heterocycles. The first-order chi connectivity index (χ1) is 12.4. The number of hydrogen-bond donors (Lipinski definition) is 2. The number of sulfonamides is 1. The smallest absolute Gasteiger partial charge is 0.251 e. The first-order valence-corrected chi connectivity index (χ1v) is 9.68. The lowest BCUT2D eigenvalue weighted by atomic mass is 10.2. The summed E-state index contributed by atoms with van der Waals surface area (Å²) in [6, 6.07) is 5.68. The van der Waals surface area contributed by atoms with Gasteiger partial charge in [0.25, 0.3) is 5.91 Å². The molecule has 1 saturated heterocycles. The number of carbonyl (C=O) groups is 1. The summed E-state index contributed by atoms with van der Waals surface area (Å²) in [4.78, 5) is 20.6. The number of aryl methyl sites for hydroxylation is 1. The van der Waals surface area contributed by atoms with Crippen LogP contribution in [0.5, 0.6) is 0 Å². The van der Waals surface area contributed by atoms with Crippen LogP contribution in [-0.4, -0.2) is 43.5 Å². The molecule has 0 bridgehead atoms. The van der Waals surface area contributed by atoms with E-state index in [1.54, 1.807) is 24.5 Å². The molecule has 1 aromatic carbocycles. The van der Waals surface area contributed by atoms with Gasteiger partial charge in [-0.3, -0.25) is 14.8 Å². The van der Waals surface area contributed by atoms with E-state index < -0.39 is 10.0 Å². The average Bonchev–Trinajstić information content (AvgIpc) is 3.13. The highest BCUT2D eigenvalue weighted by molar-refractivity contribution is 7.89. The molecule has 9 heteroatoms. The average molecular weight is 376 g/mol. The van der Waals surface area contributed by atoms with Crippen LogP contribution in [0, 0.1) is 6.92 Å². The van der Waals surface area contributed by atoms with Crippen LogP contribution in [0.15, 0.2) is 41.6 Å². The van der Waals surface area contributed by atoms with Gasteiger partial charge in [0.05, 0.1) is 35.6 Å². The minimum Gasteiger partial charge on any atom is -0.380 e. The van der Waals surface area contributed by atoms with Crippen molar-refractivity contribution in [2.75, 3.05) is 13.2 Å². The van der Waals surface area contributed by atoms with Crippen molar-refractivity contribution >= 4 is 15.9 Å². The Hall–Kier alpha value is -2.36. The first-order valence-electron chi connectivity index (χ1n) is 8.20. The fraction of sp³-hybridized carbons (Fsp3) is 0.353. The molecule has 2 N–H and O–H groups in total. The minimum absolute atomic E-state index is 0.0483. The predicted octanol–water partition coefficient (Wildman–Crippen LogP) is 0.782.